The zero-order chi connectivity index (χ0) is 13.9. The average Bonchev–Trinajstić information content (AvgIpc) is 2.27. The summed E-state index contributed by atoms with van der Waals surface area (Å²) in [7, 11) is 0. The summed E-state index contributed by atoms with van der Waals surface area (Å²) in [6.45, 7) is 6.31. The minimum absolute atomic E-state index is 0.256. The second kappa shape index (κ2) is 10.5. The van der Waals surface area contributed by atoms with E-state index in [0.717, 1.165) is 6.54 Å². The van der Waals surface area contributed by atoms with Crippen molar-refractivity contribution in [1.29, 1.82) is 0 Å². The Morgan fingerprint density at radius 2 is 1.83 bits per heavy atom. The molecule has 0 heterocycles. The van der Waals surface area contributed by atoms with Crippen molar-refractivity contribution in [3.63, 3.8) is 0 Å². The van der Waals surface area contributed by atoms with Crippen molar-refractivity contribution in [3.8, 4) is 0 Å². The second-order valence-corrected chi connectivity index (χ2v) is 5.56. The highest BCUT2D eigenvalue weighted by Gasteiger charge is 2.07. The molecule has 108 valence electrons. The van der Waals surface area contributed by atoms with Crippen molar-refractivity contribution in [1.82, 2.24) is 5.32 Å². The van der Waals surface area contributed by atoms with Crippen LogP contribution in [-0.2, 0) is 4.89 Å². The van der Waals surface area contributed by atoms with E-state index in [1.807, 2.05) is 0 Å². The molecule has 0 saturated carbocycles. The minimum Gasteiger partial charge on any atom is -0.395 e. The first-order chi connectivity index (χ1) is 8.49. The Morgan fingerprint density at radius 3 is 2.39 bits per heavy atom. The minimum atomic E-state index is -0.403. The maximum absolute atomic E-state index is 8.65. The lowest BCUT2D eigenvalue weighted by Crippen LogP contribution is -2.31. The Morgan fingerprint density at radius 1 is 1.22 bits per heavy atom. The molecule has 0 aromatic rings. The summed E-state index contributed by atoms with van der Waals surface area (Å²) >= 11 is 0. The first-order valence-electron chi connectivity index (χ1n) is 6.81. The van der Waals surface area contributed by atoms with Crippen LogP contribution in [0.25, 0.3) is 0 Å². The van der Waals surface area contributed by atoms with Crippen LogP contribution >= 0.6 is 0 Å². The molecule has 0 aromatic carbocycles. The highest BCUT2D eigenvalue weighted by atomic mass is 17.1. The second-order valence-electron chi connectivity index (χ2n) is 5.56. The SMILES string of the molecule is CC(C)(C)OO.OCCNC1CCC=CCCC1. The fourth-order valence-electron chi connectivity index (χ4n) is 1.63. The summed E-state index contributed by atoms with van der Waals surface area (Å²) in [5.41, 5.74) is -0.403. The van der Waals surface area contributed by atoms with Crippen LogP contribution in [0.15, 0.2) is 12.2 Å². The van der Waals surface area contributed by atoms with Crippen molar-refractivity contribution >= 4 is 0 Å². The summed E-state index contributed by atoms with van der Waals surface area (Å²) < 4.78 is 0. The Balaban J connectivity index is 0.000000411. The van der Waals surface area contributed by atoms with Gasteiger partial charge in [-0.25, -0.2) is 4.89 Å². The number of rotatable bonds is 3. The molecule has 0 aliphatic heterocycles. The van der Waals surface area contributed by atoms with E-state index in [1.165, 1.54) is 32.1 Å². The van der Waals surface area contributed by atoms with Crippen molar-refractivity contribution in [2.75, 3.05) is 13.2 Å². The van der Waals surface area contributed by atoms with Gasteiger partial charge in [-0.3, -0.25) is 5.26 Å². The molecule has 1 aliphatic carbocycles. The first-order valence-corrected chi connectivity index (χ1v) is 6.81. The molecule has 0 aromatic heterocycles. The van der Waals surface area contributed by atoms with Gasteiger partial charge >= 0.3 is 0 Å². The maximum atomic E-state index is 8.65. The molecule has 3 N–H and O–H groups in total. The van der Waals surface area contributed by atoms with Crippen LogP contribution in [0, 0.1) is 0 Å². The number of hydrogen-bond donors (Lipinski definition) is 3. The summed E-state index contributed by atoms with van der Waals surface area (Å²) in [5, 5.41) is 19.9. The fourth-order valence-corrected chi connectivity index (χ4v) is 1.63. The van der Waals surface area contributed by atoms with E-state index < -0.39 is 5.60 Å². The topological polar surface area (TPSA) is 61.7 Å². The van der Waals surface area contributed by atoms with Crippen LogP contribution in [0.2, 0.25) is 0 Å². The molecule has 1 atom stereocenters. The zero-order valence-electron chi connectivity index (χ0n) is 12.0. The molecule has 0 radical (unpaired) electrons. The Hall–Kier alpha value is -0.420. The molecule has 1 aliphatic rings. The summed E-state index contributed by atoms with van der Waals surface area (Å²) in [6.07, 6.45) is 10.7. The van der Waals surface area contributed by atoms with Crippen molar-refractivity contribution in [3.05, 3.63) is 12.2 Å². The van der Waals surface area contributed by atoms with E-state index >= 15 is 0 Å². The number of aliphatic hydroxyl groups is 1. The lowest BCUT2D eigenvalue weighted by atomic mass is 10.0. The molecule has 0 fully saturated rings. The molecule has 0 bridgehead atoms. The molecule has 0 spiro atoms. The third-order valence-corrected chi connectivity index (χ3v) is 2.59. The normalized spacial score (nSPS) is 20.6. The Kier molecular flexibility index (Phi) is 10.3. The standard InChI is InChI=1S/C10H19NO.C4H10O2/c12-9-8-11-10-6-4-2-1-3-5-7-10;1-4(2,3)6-5/h1-2,10-12H,3-9H2;5H,1-3H3. The van der Waals surface area contributed by atoms with Gasteiger partial charge in [0.1, 0.15) is 0 Å². The van der Waals surface area contributed by atoms with Gasteiger partial charge in [0.2, 0.25) is 0 Å². The van der Waals surface area contributed by atoms with Gasteiger partial charge in [0.15, 0.2) is 0 Å². The van der Waals surface area contributed by atoms with Gasteiger partial charge in [-0.1, -0.05) is 12.2 Å². The summed E-state index contributed by atoms with van der Waals surface area (Å²) in [6, 6.07) is 0.627. The van der Waals surface area contributed by atoms with E-state index in [2.05, 4.69) is 22.4 Å². The van der Waals surface area contributed by atoms with Crippen LogP contribution in [0.4, 0.5) is 0 Å². The number of hydrogen-bond acceptors (Lipinski definition) is 4. The molecular formula is C14H29NO3. The molecule has 1 rings (SSSR count). The van der Waals surface area contributed by atoms with Crippen molar-refractivity contribution in [2.24, 2.45) is 0 Å². The molecule has 0 amide bonds. The lowest BCUT2D eigenvalue weighted by molar-refractivity contribution is -0.306. The molecule has 4 nitrogen and oxygen atoms in total. The molecule has 18 heavy (non-hydrogen) atoms. The average molecular weight is 259 g/mol. The van der Waals surface area contributed by atoms with E-state index in [1.54, 1.807) is 20.8 Å². The monoisotopic (exact) mass is 259 g/mol. The number of nitrogens with one attached hydrogen (secondary N) is 1. The van der Waals surface area contributed by atoms with E-state index in [-0.39, 0.29) is 6.61 Å². The fraction of sp³-hybridized carbons (Fsp3) is 0.857. The van der Waals surface area contributed by atoms with E-state index in [0.29, 0.717) is 6.04 Å². The van der Waals surface area contributed by atoms with Crippen molar-refractivity contribution in [2.45, 2.75) is 64.5 Å². The predicted octanol–water partition coefficient (Wildman–Crippen LogP) is 2.73. The van der Waals surface area contributed by atoms with Crippen LogP contribution in [-0.4, -0.2) is 35.2 Å². The number of aliphatic hydroxyl groups excluding tert-OH is 1. The van der Waals surface area contributed by atoms with Gasteiger partial charge < -0.3 is 10.4 Å². The van der Waals surface area contributed by atoms with E-state index in [4.69, 9.17) is 10.4 Å². The molecular weight excluding hydrogens is 230 g/mol. The van der Waals surface area contributed by atoms with Gasteiger partial charge in [0, 0.05) is 12.6 Å². The molecule has 4 heteroatoms. The van der Waals surface area contributed by atoms with Gasteiger partial charge in [-0.15, -0.1) is 0 Å². The van der Waals surface area contributed by atoms with Gasteiger partial charge in [-0.2, -0.15) is 0 Å². The van der Waals surface area contributed by atoms with Crippen LogP contribution in [0.5, 0.6) is 0 Å². The molecule has 0 saturated heterocycles. The predicted molar refractivity (Wildman–Crippen MR) is 74.6 cm³/mol. The largest absolute Gasteiger partial charge is 0.395 e. The first kappa shape index (κ1) is 17.6. The lowest BCUT2D eigenvalue weighted by Gasteiger charge is -2.18. The van der Waals surface area contributed by atoms with Gasteiger partial charge in [-0.05, 0) is 52.9 Å². The number of allylic oxidation sites excluding steroid dienone is 2. The molecule has 1 unspecified atom stereocenters. The smallest absolute Gasteiger partial charge is 0.0949 e. The van der Waals surface area contributed by atoms with Crippen LogP contribution in [0.1, 0.15) is 52.9 Å². The van der Waals surface area contributed by atoms with E-state index in [9.17, 15) is 0 Å². The highest BCUT2D eigenvalue weighted by Crippen LogP contribution is 2.11. The van der Waals surface area contributed by atoms with Crippen LogP contribution in [0.3, 0.4) is 0 Å². The van der Waals surface area contributed by atoms with Gasteiger partial charge in [0.05, 0.1) is 12.2 Å². The third-order valence-electron chi connectivity index (χ3n) is 2.59. The third kappa shape index (κ3) is 12.0. The van der Waals surface area contributed by atoms with Gasteiger partial charge in [0.25, 0.3) is 0 Å². The van der Waals surface area contributed by atoms with Crippen molar-refractivity contribution < 1.29 is 15.3 Å². The maximum Gasteiger partial charge on any atom is 0.0949 e. The highest BCUT2D eigenvalue weighted by molar-refractivity contribution is 4.86. The summed E-state index contributed by atoms with van der Waals surface area (Å²) in [5.74, 6) is 0. The quantitative estimate of drug-likeness (QED) is 0.414. The Bertz CT molecular complexity index is 212. The summed E-state index contributed by atoms with van der Waals surface area (Å²) in [4.78, 5) is 3.94. The van der Waals surface area contributed by atoms with Crippen LogP contribution < -0.4 is 5.32 Å². The zero-order valence-corrected chi connectivity index (χ0v) is 12.0. The Labute approximate surface area is 111 Å².